The maximum Gasteiger partial charge on any atom is 0.220 e. The van der Waals surface area contributed by atoms with Gasteiger partial charge in [-0.1, -0.05) is 30.3 Å². The molecule has 2 aromatic carbocycles. The summed E-state index contributed by atoms with van der Waals surface area (Å²) in [4.78, 5) is 15.3. The number of benzene rings is 2. The molecule has 3 rings (SSSR count). The third-order valence-electron chi connectivity index (χ3n) is 4.62. The topological polar surface area (TPSA) is 65.1 Å². The van der Waals surface area contributed by atoms with Gasteiger partial charge in [0.25, 0.3) is 0 Å². The Morgan fingerprint density at radius 3 is 2.69 bits per heavy atom. The first-order valence-electron chi connectivity index (χ1n) is 8.76. The summed E-state index contributed by atoms with van der Waals surface area (Å²) < 4.78 is 13.0. The van der Waals surface area contributed by atoms with Crippen molar-refractivity contribution in [1.82, 2.24) is 10.3 Å². The van der Waals surface area contributed by atoms with Crippen molar-refractivity contribution in [2.75, 3.05) is 6.54 Å². The highest BCUT2D eigenvalue weighted by Gasteiger charge is 2.23. The highest BCUT2D eigenvalue weighted by atomic mass is 19.1. The fraction of sp³-hybridized carbons (Fsp3) is 0.286. The van der Waals surface area contributed by atoms with Gasteiger partial charge in [-0.3, -0.25) is 4.79 Å². The zero-order valence-electron chi connectivity index (χ0n) is 14.8. The van der Waals surface area contributed by atoms with Crippen molar-refractivity contribution in [3.63, 3.8) is 0 Å². The maximum absolute atomic E-state index is 13.0. The van der Waals surface area contributed by atoms with E-state index in [1.54, 1.807) is 6.92 Å². The molecule has 26 heavy (non-hydrogen) atoms. The molecular formula is C21H23FN2O2. The smallest absolute Gasteiger partial charge is 0.220 e. The van der Waals surface area contributed by atoms with Crippen molar-refractivity contribution in [3.05, 3.63) is 71.7 Å². The molecule has 0 saturated heterocycles. The summed E-state index contributed by atoms with van der Waals surface area (Å²) in [6.07, 6.45) is 3.92. The van der Waals surface area contributed by atoms with Crippen LogP contribution in [0.4, 0.5) is 4.39 Å². The first-order valence-corrected chi connectivity index (χ1v) is 8.76. The van der Waals surface area contributed by atoms with Gasteiger partial charge in [0.05, 0.1) is 6.54 Å². The molecule has 0 aliphatic carbocycles. The molecule has 1 heterocycles. The molecule has 3 aromatic rings. The summed E-state index contributed by atoms with van der Waals surface area (Å²) in [5.41, 5.74) is 1.63. The van der Waals surface area contributed by atoms with Gasteiger partial charge < -0.3 is 15.4 Å². The van der Waals surface area contributed by atoms with E-state index < -0.39 is 5.60 Å². The number of aliphatic hydroxyl groups is 1. The Bertz CT molecular complexity index is 884. The number of para-hydroxylation sites is 1. The van der Waals surface area contributed by atoms with E-state index >= 15 is 0 Å². The van der Waals surface area contributed by atoms with Crippen LogP contribution in [0.2, 0.25) is 0 Å². The van der Waals surface area contributed by atoms with Crippen molar-refractivity contribution in [2.24, 2.45) is 0 Å². The van der Waals surface area contributed by atoms with E-state index in [4.69, 9.17) is 0 Å². The number of aromatic nitrogens is 1. The molecule has 0 bridgehead atoms. The van der Waals surface area contributed by atoms with Gasteiger partial charge in [-0.05, 0) is 49.1 Å². The molecule has 136 valence electrons. The Hall–Kier alpha value is -2.66. The second kappa shape index (κ2) is 7.70. The number of nitrogens with one attached hydrogen (secondary N) is 2. The summed E-state index contributed by atoms with van der Waals surface area (Å²) in [7, 11) is 0. The number of hydrogen-bond acceptors (Lipinski definition) is 2. The summed E-state index contributed by atoms with van der Waals surface area (Å²) in [5, 5.41) is 14.4. The second-order valence-electron chi connectivity index (χ2n) is 6.77. The van der Waals surface area contributed by atoms with Gasteiger partial charge in [0.15, 0.2) is 0 Å². The summed E-state index contributed by atoms with van der Waals surface area (Å²) in [6, 6.07) is 13.7. The Morgan fingerprint density at radius 1 is 1.19 bits per heavy atom. The predicted molar refractivity (Wildman–Crippen MR) is 100 cm³/mol. The number of aromatic amines is 1. The molecule has 0 saturated carbocycles. The molecule has 4 nitrogen and oxygen atoms in total. The molecular weight excluding hydrogens is 331 g/mol. The number of carbonyl (C=O) groups excluding carboxylic acids is 1. The average Bonchev–Trinajstić information content (AvgIpc) is 3.04. The van der Waals surface area contributed by atoms with Crippen LogP contribution in [0.15, 0.2) is 54.7 Å². The van der Waals surface area contributed by atoms with E-state index in [2.05, 4.69) is 16.4 Å². The van der Waals surface area contributed by atoms with Crippen LogP contribution in [-0.4, -0.2) is 22.5 Å². The SMILES string of the molecule is C[C@@](O)(CNC(=O)CCCc1c[nH]c2ccccc12)c1ccc(F)cc1. The highest BCUT2D eigenvalue weighted by molar-refractivity contribution is 5.83. The minimum atomic E-state index is -1.24. The molecule has 0 aliphatic heterocycles. The molecule has 0 aliphatic rings. The van der Waals surface area contributed by atoms with E-state index in [1.807, 2.05) is 24.4 Å². The molecule has 5 heteroatoms. The van der Waals surface area contributed by atoms with Crippen LogP contribution in [0.3, 0.4) is 0 Å². The first kappa shape index (κ1) is 18.1. The normalized spacial score (nSPS) is 13.5. The molecule has 1 aromatic heterocycles. The lowest BCUT2D eigenvalue weighted by Gasteiger charge is -2.24. The Kier molecular flexibility index (Phi) is 5.38. The van der Waals surface area contributed by atoms with Crippen LogP contribution >= 0.6 is 0 Å². The van der Waals surface area contributed by atoms with Gasteiger partial charge in [-0.15, -0.1) is 0 Å². The van der Waals surface area contributed by atoms with Crippen LogP contribution in [0.1, 0.15) is 30.9 Å². The third-order valence-corrected chi connectivity index (χ3v) is 4.62. The van der Waals surface area contributed by atoms with Crippen molar-refractivity contribution in [3.8, 4) is 0 Å². The maximum atomic E-state index is 13.0. The van der Waals surface area contributed by atoms with Crippen molar-refractivity contribution in [1.29, 1.82) is 0 Å². The minimum Gasteiger partial charge on any atom is -0.384 e. The van der Waals surface area contributed by atoms with E-state index in [-0.39, 0.29) is 18.3 Å². The molecule has 0 unspecified atom stereocenters. The lowest BCUT2D eigenvalue weighted by molar-refractivity contribution is -0.122. The van der Waals surface area contributed by atoms with Gasteiger partial charge in [0.2, 0.25) is 5.91 Å². The number of fused-ring (bicyclic) bond motifs is 1. The predicted octanol–water partition coefficient (Wildman–Crippen LogP) is 3.65. The van der Waals surface area contributed by atoms with Gasteiger partial charge in [0.1, 0.15) is 11.4 Å². The second-order valence-corrected chi connectivity index (χ2v) is 6.77. The first-order chi connectivity index (χ1) is 12.5. The number of aryl methyl sites for hydroxylation is 1. The van der Waals surface area contributed by atoms with Crippen LogP contribution < -0.4 is 5.32 Å². The van der Waals surface area contributed by atoms with Crippen LogP contribution in [0.25, 0.3) is 10.9 Å². The standard InChI is InChI=1S/C21H23FN2O2/c1-21(26,16-9-11-17(22)12-10-16)14-24-20(25)8-4-5-15-13-23-19-7-3-2-6-18(15)19/h2-3,6-7,9-13,23,26H,4-5,8,14H2,1H3,(H,24,25)/t21-/m1/s1. The van der Waals surface area contributed by atoms with Crippen LogP contribution in [-0.2, 0) is 16.8 Å². The van der Waals surface area contributed by atoms with Gasteiger partial charge >= 0.3 is 0 Å². The Morgan fingerprint density at radius 2 is 1.92 bits per heavy atom. The molecule has 0 spiro atoms. The van der Waals surface area contributed by atoms with Gasteiger partial charge in [-0.25, -0.2) is 4.39 Å². The van der Waals surface area contributed by atoms with Crippen LogP contribution in [0.5, 0.6) is 0 Å². The fourth-order valence-corrected chi connectivity index (χ4v) is 3.05. The molecule has 3 N–H and O–H groups in total. The quantitative estimate of drug-likeness (QED) is 0.606. The Labute approximate surface area is 152 Å². The number of carbonyl (C=O) groups is 1. The van der Waals surface area contributed by atoms with E-state index in [0.717, 1.165) is 18.4 Å². The average molecular weight is 354 g/mol. The third kappa shape index (κ3) is 4.29. The number of rotatable bonds is 7. The van der Waals surface area contributed by atoms with Crippen LogP contribution in [0, 0.1) is 5.82 Å². The largest absolute Gasteiger partial charge is 0.384 e. The highest BCUT2D eigenvalue weighted by Crippen LogP contribution is 2.21. The molecule has 0 fully saturated rings. The number of H-pyrrole nitrogens is 1. The number of halogens is 1. The van der Waals surface area contributed by atoms with Crippen molar-refractivity contribution < 1.29 is 14.3 Å². The van der Waals surface area contributed by atoms with E-state index in [0.29, 0.717) is 12.0 Å². The Balaban J connectivity index is 1.47. The zero-order valence-corrected chi connectivity index (χ0v) is 14.8. The molecule has 1 atom stereocenters. The van der Waals surface area contributed by atoms with E-state index in [1.165, 1.54) is 35.2 Å². The minimum absolute atomic E-state index is 0.0878. The summed E-state index contributed by atoms with van der Waals surface area (Å²) >= 11 is 0. The number of hydrogen-bond donors (Lipinski definition) is 3. The molecule has 1 amide bonds. The molecule has 0 radical (unpaired) electrons. The lowest BCUT2D eigenvalue weighted by Crippen LogP contribution is -2.38. The summed E-state index contributed by atoms with van der Waals surface area (Å²) in [5.74, 6) is -0.460. The zero-order chi connectivity index (χ0) is 18.6. The van der Waals surface area contributed by atoms with Crippen molar-refractivity contribution >= 4 is 16.8 Å². The van der Waals surface area contributed by atoms with Crippen molar-refractivity contribution in [2.45, 2.75) is 31.8 Å². The fourth-order valence-electron chi connectivity index (χ4n) is 3.05. The number of amides is 1. The van der Waals surface area contributed by atoms with Gasteiger partial charge in [-0.2, -0.15) is 0 Å². The lowest BCUT2D eigenvalue weighted by atomic mass is 9.96. The van der Waals surface area contributed by atoms with E-state index in [9.17, 15) is 14.3 Å². The summed E-state index contributed by atoms with van der Waals surface area (Å²) in [6.45, 7) is 1.69. The monoisotopic (exact) mass is 354 g/mol. The van der Waals surface area contributed by atoms with Gasteiger partial charge in [0, 0.05) is 23.5 Å².